The summed E-state index contributed by atoms with van der Waals surface area (Å²) in [5.41, 5.74) is 2.26. The van der Waals surface area contributed by atoms with Crippen LogP contribution in [0.25, 0.3) is 11.1 Å². The van der Waals surface area contributed by atoms with Gasteiger partial charge in [0.25, 0.3) is 0 Å². The zero-order chi connectivity index (χ0) is 14.0. The molecule has 5 heteroatoms. The fourth-order valence-corrected chi connectivity index (χ4v) is 2.74. The highest BCUT2D eigenvalue weighted by Crippen LogP contribution is 2.39. The van der Waals surface area contributed by atoms with Crippen molar-refractivity contribution in [3.05, 3.63) is 56.0 Å². The number of nitriles is 1. The third-order valence-corrected chi connectivity index (χ3v) is 3.93. The van der Waals surface area contributed by atoms with Crippen LogP contribution in [0.15, 0.2) is 30.3 Å². The molecule has 0 atom stereocenters. The predicted octanol–water partition coefficient (Wildman–Crippen LogP) is 6.03. The van der Waals surface area contributed by atoms with E-state index in [1.54, 1.807) is 18.2 Å². The van der Waals surface area contributed by atoms with Gasteiger partial charge >= 0.3 is 0 Å². The van der Waals surface area contributed by atoms with Crippen LogP contribution in [0.1, 0.15) is 5.56 Å². The van der Waals surface area contributed by atoms with Gasteiger partial charge in [0.15, 0.2) is 0 Å². The average Bonchev–Trinajstić information content (AvgIpc) is 2.35. The molecule has 0 saturated carbocycles. The van der Waals surface area contributed by atoms with Crippen molar-refractivity contribution in [2.24, 2.45) is 0 Å². The third kappa shape index (κ3) is 3.16. The molecule has 96 valence electrons. The van der Waals surface area contributed by atoms with Gasteiger partial charge in [-0.05, 0) is 23.8 Å². The summed E-state index contributed by atoms with van der Waals surface area (Å²) in [6, 6.07) is 10.7. The largest absolute Gasteiger partial charge is 0.198 e. The normalized spacial score (nSPS) is 10.3. The molecule has 0 spiro atoms. The van der Waals surface area contributed by atoms with E-state index in [1.807, 2.05) is 12.1 Å². The van der Waals surface area contributed by atoms with Gasteiger partial charge in [0.1, 0.15) is 0 Å². The molecule has 0 aliphatic rings. The van der Waals surface area contributed by atoms with Crippen LogP contribution in [0.3, 0.4) is 0 Å². The molecule has 0 heterocycles. The monoisotopic (exact) mass is 329 g/mol. The summed E-state index contributed by atoms with van der Waals surface area (Å²) >= 11 is 24.4. The van der Waals surface area contributed by atoms with Crippen LogP contribution in [0.5, 0.6) is 0 Å². The molecular formula is C14H7Cl4N. The van der Waals surface area contributed by atoms with Gasteiger partial charge in [-0.2, -0.15) is 5.26 Å². The quantitative estimate of drug-likeness (QED) is 0.616. The molecule has 1 nitrogen and oxygen atoms in total. The zero-order valence-corrected chi connectivity index (χ0v) is 12.6. The van der Waals surface area contributed by atoms with Crippen molar-refractivity contribution in [1.82, 2.24) is 0 Å². The highest BCUT2D eigenvalue weighted by molar-refractivity contribution is 6.45. The maximum atomic E-state index is 8.66. The minimum Gasteiger partial charge on any atom is -0.198 e. The summed E-state index contributed by atoms with van der Waals surface area (Å²) in [6.07, 6.45) is 0.310. The molecule has 2 aromatic carbocycles. The van der Waals surface area contributed by atoms with Crippen molar-refractivity contribution in [2.75, 3.05) is 0 Å². The Bertz CT molecular complexity index is 674. The summed E-state index contributed by atoms with van der Waals surface area (Å²) in [6.45, 7) is 0. The molecule has 0 amide bonds. The van der Waals surface area contributed by atoms with Gasteiger partial charge < -0.3 is 0 Å². The number of hydrogen-bond donors (Lipinski definition) is 0. The van der Waals surface area contributed by atoms with Gasteiger partial charge in [0, 0.05) is 21.2 Å². The van der Waals surface area contributed by atoms with Crippen LogP contribution >= 0.6 is 46.4 Å². The number of rotatable bonds is 2. The molecule has 0 radical (unpaired) electrons. The lowest BCUT2D eigenvalue weighted by molar-refractivity contribution is 1.26. The topological polar surface area (TPSA) is 23.8 Å². The summed E-state index contributed by atoms with van der Waals surface area (Å²) in [4.78, 5) is 0. The van der Waals surface area contributed by atoms with E-state index < -0.39 is 0 Å². The molecule has 0 unspecified atom stereocenters. The molecule has 0 aliphatic heterocycles. The van der Waals surface area contributed by atoms with E-state index in [1.165, 1.54) is 0 Å². The maximum absolute atomic E-state index is 8.66. The fraction of sp³-hybridized carbons (Fsp3) is 0.0714. The second-order valence-electron chi connectivity index (χ2n) is 3.90. The molecule has 0 fully saturated rings. The van der Waals surface area contributed by atoms with E-state index >= 15 is 0 Å². The van der Waals surface area contributed by atoms with E-state index in [0.29, 0.717) is 32.1 Å². The van der Waals surface area contributed by atoms with Crippen LogP contribution in [0.4, 0.5) is 0 Å². The number of benzene rings is 2. The van der Waals surface area contributed by atoms with Crippen LogP contribution in [0.2, 0.25) is 20.1 Å². The highest BCUT2D eigenvalue weighted by atomic mass is 35.5. The highest BCUT2D eigenvalue weighted by Gasteiger charge is 2.12. The number of hydrogen-bond acceptors (Lipinski definition) is 1. The van der Waals surface area contributed by atoms with Crippen molar-refractivity contribution in [3.8, 4) is 17.2 Å². The second-order valence-corrected chi connectivity index (χ2v) is 5.53. The van der Waals surface area contributed by atoms with Gasteiger partial charge in [0.2, 0.25) is 0 Å². The number of nitrogens with zero attached hydrogens (tertiary/aromatic N) is 1. The first-order chi connectivity index (χ1) is 9.02. The van der Waals surface area contributed by atoms with Crippen LogP contribution in [-0.4, -0.2) is 0 Å². The Morgan fingerprint density at radius 2 is 1.63 bits per heavy atom. The second kappa shape index (κ2) is 6.03. The van der Waals surface area contributed by atoms with E-state index in [9.17, 15) is 0 Å². The average molecular weight is 331 g/mol. The van der Waals surface area contributed by atoms with E-state index in [-0.39, 0.29) is 0 Å². The third-order valence-electron chi connectivity index (χ3n) is 2.60. The van der Waals surface area contributed by atoms with Crippen LogP contribution in [0, 0.1) is 11.3 Å². The van der Waals surface area contributed by atoms with Gasteiger partial charge in [0.05, 0.1) is 22.5 Å². The van der Waals surface area contributed by atoms with Gasteiger partial charge in [-0.3, -0.25) is 0 Å². The van der Waals surface area contributed by atoms with Crippen molar-refractivity contribution in [1.29, 1.82) is 5.26 Å². The van der Waals surface area contributed by atoms with Gasteiger partial charge in [-0.25, -0.2) is 0 Å². The maximum Gasteiger partial charge on any atom is 0.0672 e. The zero-order valence-electron chi connectivity index (χ0n) is 9.55. The molecule has 0 saturated heterocycles. The van der Waals surface area contributed by atoms with Crippen molar-refractivity contribution >= 4 is 46.4 Å². The first-order valence-corrected chi connectivity index (χ1v) is 6.84. The molecular weight excluding hydrogens is 324 g/mol. The molecule has 2 rings (SSSR count). The Hall–Kier alpha value is -0.910. The van der Waals surface area contributed by atoms with Crippen LogP contribution < -0.4 is 0 Å². The lowest BCUT2D eigenvalue weighted by Crippen LogP contribution is -1.87. The van der Waals surface area contributed by atoms with E-state index in [2.05, 4.69) is 6.07 Å². The fourth-order valence-electron chi connectivity index (χ4n) is 1.73. The Labute approximate surface area is 131 Å². The Balaban J connectivity index is 2.57. The Morgan fingerprint density at radius 1 is 0.895 bits per heavy atom. The van der Waals surface area contributed by atoms with Crippen LogP contribution in [-0.2, 0) is 6.42 Å². The lowest BCUT2D eigenvalue weighted by atomic mass is 10.0. The van der Waals surface area contributed by atoms with Gasteiger partial charge in [-0.15, -0.1) is 0 Å². The molecule has 19 heavy (non-hydrogen) atoms. The first kappa shape index (κ1) is 14.5. The molecule has 0 aliphatic carbocycles. The molecule has 2 aromatic rings. The minimum atomic E-state index is 0.310. The van der Waals surface area contributed by atoms with Crippen molar-refractivity contribution < 1.29 is 0 Å². The van der Waals surface area contributed by atoms with Crippen molar-refractivity contribution in [2.45, 2.75) is 6.42 Å². The molecule has 0 aromatic heterocycles. The first-order valence-electron chi connectivity index (χ1n) is 5.33. The standard InChI is InChI=1S/C14H7Cl4N/c15-9-6-11(14(18)13(17)7-9)10-2-1-8(3-4-19)5-12(10)16/h1-2,5-7H,3H2. The minimum absolute atomic E-state index is 0.310. The molecule has 0 N–H and O–H groups in total. The smallest absolute Gasteiger partial charge is 0.0672 e. The van der Waals surface area contributed by atoms with Gasteiger partial charge in [-0.1, -0.05) is 58.5 Å². The number of halogens is 4. The molecule has 0 bridgehead atoms. The van der Waals surface area contributed by atoms with E-state index in [4.69, 9.17) is 51.7 Å². The summed E-state index contributed by atoms with van der Waals surface area (Å²) in [7, 11) is 0. The Kier molecular flexibility index (Phi) is 4.60. The summed E-state index contributed by atoms with van der Waals surface area (Å²) < 4.78 is 0. The lowest BCUT2D eigenvalue weighted by Gasteiger charge is -2.10. The SMILES string of the molecule is N#CCc1ccc(-c2cc(Cl)cc(Cl)c2Cl)c(Cl)c1. The Morgan fingerprint density at radius 3 is 2.26 bits per heavy atom. The summed E-state index contributed by atoms with van der Waals surface area (Å²) in [5, 5.41) is 10.4. The summed E-state index contributed by atoms with van der Waals surface area (Å²) in [5.74, 6) is 0. The van der Waals surface area contributed by atoms with Crippen molar-refractivity contribution in [3.63, 3.8) is 0 Å². The van der Waals surface area contributed by atoms with E-state index in [0.717, 1.165) is 11.1 Å². The predicted molar refractivity (Wildman–Crippen MR) is 81.2 cm³/mol.